The first kappa shape index (κ1) is 14.6. The highest BCUT2D eigenvalue weighted by molar-refractivity contribution is 9.10. The van der Waals surface area contributed by atoms with E-state index in [0.29, 0.717) is 10.4 Å². The van der Waals surface area contributed by atoms with Crippen molar-refractivity contribution in [1.29, 1.82) is 0 Å². The minimum Gasteiger partial charge on any atom is -0.496 e. The molecule has 0 unspecified atom stereocenters. The van der Waals surface area contributed by atoms with Crippen molar-refractivity contribution in [2.45, 2.75) is 6.18 Å². The van der Waals surface area contributed by atoms with Crippen molar-refractivity contribution in [1.82, 2.24) is 4.98 Å². The fourth-order valence-electron chi connectivity index (χ4n) is 1.48. The van der Waals surface area contributed by atoms with Gasteiger partial charge >= 0.3 is 6.18 Å². The van der Waals surface area contributed by atoms with Gasteiger partial charge in [0, 0.05) is 12.1 Å². The molecule has 0 fully saturated rings. The quantitative estimate of drug-likeness (QED) is 0.756. The summed E-state index contributed by atoms with van der Waals surface area (Å²) in [5.41, 5.74) is -0.781. The van der Waals surface area contributed by atoms with Crippen molar-refractivity contribution < 1.29 is 22.6 Å². The second kappa shape index (κ2) is 5.70. The van der Waals surface area contributed by atoms with Crippen molar-refractivity contribution in [2.75, 3.05) is 7.11 Å². The number of benzene rings is 1. The highest BCUT2D eigenvalue weighted by Crippen LogP contribution is 2.33. The number of pyridine rings is 1. The second-order valence-corrected chi connectivity index (χ2v) is 4.61. The van der Waals surface area contributed by atoms with E-state index in [1.807, 2.05) is 0 Å². The van der Waals surface area contributed by atoms with Crippen LogP contribution in [-0.4, -0.2) is 12.1 Å². The summed E-state index contributed by atoms with van der Waals surface area (Å²) in [7, 11) is 1.47. The lowest BCUT2D eigenvalue weighted by Crippen LogP contribution is -2.04. The van der Waals surface area contributed by atoms with Crippen LogP contribution in [0.25, 0.3) is 0 Å². The summed E-state index contributed by atoms with van der Waals surface area (Å²) in [6.45, 7) is 0. The van der Waals surface area contributed by atoms with E-state index < -0.39 is 11.7 Å². The summed E-state index contributed by atoms with van der Waals surface area (Å²) in [6, 6.07) is 7.67. The van der Waals surface area contributed by atoms with E-state index in [9.17, 15) is 13.2 Å². The monoisotopic (exact) mass is 347 g/mol. The Morgan fingerprint density at radius 3 is 2.50 bits per heavy atom. The van der Waals surface area contributed by atoms with Gasteiger partial charge in [-0.05, 0) is 34.1 Å². The van der Waals surface area contributed by atoms with Crippen LogP contribution in [0.2, 0.25) is 0 Å². The molecule has 0 atom stereocenters. The third-order valence-electron chi connectivity index (χ3n) is 2.36. The zero-order chi connectivity index (χ0) is 14.8. The zero-order valence-electron chi connectivity index (χ0n) is 10.2. The third kappa shape index (κ3) is 3.63. The van der Waals surface area contributed by atoms with Gasteiger partial charge in [-0.3, -0.25) is 0 Å². The maximum absolute atomic E-state index is 12.6. The van der Waals surface area contributed by atoms with E-state index in [-0.39, 0.29) is 11.6 Å². The van der Waals surface area contributed by atoms with E-state index in [2.05, 4.69) is 20.9 Å². The third-order valence-corrected chi connectivity index (χ3v) is 2.77. The lowest BCUT2D eigenvalue weighted by molar-refractivity contribution is -0.137. The Labute approximate surface area is 121 Å². The Morgan fingerprint density at radius 2 is 1.85 bits per heavy atom. The van der Waals surface area contributed by atoms with Gasteiger partial charge in [0.25, 0.3) is 0 Å². The Bertz CT molecular complexity index is 617. The largest absolute Gasteiger partial charge is 0.496 e. The Morgan fingerprint density at radius 1 is 1.10 bits per heavy atom. The zero-order valence-corrected chi connectivity index (χ0v) is 11.8. The van der Waals surface area contributed by atoms with Crippen LogP contribution in [0.3, 0.4) is 0 Å². The number of rotatable bonds is 3. The highest BCUT2D eigenvalue weighted by Gasteiger charge is 2.30. The van der Waals surface area contributed by atoms with Crippen LogP contribution in [0.4, 0.5) is 13.2 Å². The first-order chi connectivity index (χ1) is 9.38. The Kier molecular flexibility index (Phi) is 4.17. The van der Waals surface area contributed by atoms with Crippen molar-refractivity contribution >= 4 is 15.9 Å². The Hall–Kier alpha value is -1.76. The molecule has 0 spiro atoms. The van der Waals surface area contributed by atoms with E-state index in [0.717, 1.165) is 12.1 Å². The van der Waals surface area contributed by atoms with Gasteiger partial charge < -0.3 is 9.47 Å². The van der Waals surface area contributed by atoms with Crippen LogP contribution in [0.1, 0.15) is 5.56 Å². The smallest absolute Gasteiger partial charge is 0.416 e. The van der Waals surface area contributed by atoms with Gasteiger partial charge in [0.1, 0.15) is 16.1 Å². The van der Waals surface area contributed by atoms with Crippen LogP contribution in [0.15, 0.2) is 41.0 Å². The molecule has 1 heterocycles. The van der Waals surface area contributed by atoms with Crippen LogP contribution >= 0.6 is 15.9 Å². The van der Waals surface area contributed by atoms with Gasteiger partial charge in [-0.2, -0.15) is 13.2 Å². The lowest BCUT2D eigenvalue weighted by atomic mass is 10.2. The summed E-state index contributed by atoms with van der Waals surface area (Å²) in [5.74, 6) is 0.664. The second-order valence-electron chi connectivity index (χ2n) is 3.80. The van der Waals surface area contributed by atoms with E-state index in [1.54, 1.807) is 6.07 Å². The molecule has 20 heavy (non-hydrogen) atoms. The van der Waals surface area contributed by atoms with Gasteiger partial charge in [0.05, 0.1) is 12.7 Å². The van der Waals surface area contributed by atoms with Crippen LogP contribution in [-0.2, 0) is 6.18 Å². The van der Waals surface area contributed by atoms with Crippen LogP contribution < -0.4 is 9.47 Å². The fraction of sp³-hybridized carbons (Fsp3) is 0.154. The number of methoxy groups -OCH3 is 1. The van der Waals surface area contributed by atoms with Gasteiger partial charge in [0.2, 0.25) is 5.88 Å². The van der Waals surface area contributed by atoms with Gasteiger partial charge in [-0.15, -0.1) is 0 Å². The first-order valence-corrected chi connectivity index (χ1v) is 6.24. The number of halogens is 4. The topological polar surface area (TPSA) is 31.4 Å². The van der Waals surface area contributed by atoms with E-state index in [4.69, 9.17) is 9.47 Å². The summed E-state index contributed by atoms with van der Waals surface area (Å²) < 4.78 is 48.6. The molecule has 2 rings (SSSR count). The molecular weight excluding hydrogens is 339 g/mol. The lowest BCUT2D eigenvalue weighted by Gasteiger charge is -2.10. The molecule has 7 heteroatoms. The average Bonchev–Trinajstić information content (AvgIpc) is 2.37. The van der Waals surface area contributed by atoms with E-state index in [1.165, 1.54) is 25.3 Å². The molecule has 1 aromatic carbocycles. The summed E-state index contributed by atoms with van der Waals surface area (Å²) in [6.07, 6.45) is -4.41. The molecular formula is C13H9BrF3NO2. The molecule has 0 saturated heterocycles. The van der Waals surface area contributed by atoms with Crippen LogP contribution in [0.5, 0.6) is 17.4 Å². The molecule has 0 amide bonds. The maximum atomic E-state index is 12.6. The molecule has 2 aromatic rings. The number of alkyl halides is 3. The normalized spacial score (nSPS) is 11.2. The number of hydrogen-bond acceptors (Lipinski definition) is 3. The molecule has 1 aromatic heterocycles. The fourth-order valence-corrected chi connectivity index (χ4v) is 1.88. The van der Waals surface area contributed by atoms with Gasteiger partial charge in [-0.25, -0.2) is 4.98 Å². The average molecular weight is 348 g/mol. The molecule has 0 bridgehead atoms. The SMILES string of the molecule is COc1cc(Br)nc(Oc2cccc(C(F)(F)F)c2)c1. The van der Waals surface area contributed by atoms with Crippen molar-refractivity contribution in [2.24, 2.45) is 0 Å². The molecule has 0 saturated carbocycles. The summed E-state index contributed by atoms with van der Waals surface area (Å²) in [5, 5.41) is 0. The molecule has 0 radical (unpaired) electrons. The van der Waals surface area contributed by atoms with Crippen LogP contribution in [0, 0.1) is 0 Å². The summed E-state index contributed by atoms with van der Waals surface area (Å²) in [4.78, 5) is 4.00. The van der Waals surface area contributed by atoms with Crippen molar-refractivity contribution in [3.05, 3.63) is 46.6 Å². The Balaban J connectivity index is 2.28. The summed E-state index contributed by atoms with van der Waals surface area (Å²) >= 11 is 3.16. The molecule has 106 valence electrons. The van der Waals surface area contributed by atoms with Crippen molar-refractivity contribution in [3.8, 4) is 17.4 Å². The minimum absolute atomic E-state index is 0.0486. The molecule has 3 nitrogen and oxygen atoms in total. The minimum atomic E-state index is -4.41. The van der Waals surface area contributed by atoms with Gasteiger partial charge in [0.15, 0.2) is 0 Å². The molecule has 0 aliphatic rings. The predicted molar refractivity (Wildman–Crippen MR) is 70.0 cm³/mol. The number of nitrogens with zero attached hydrogens (tertiary/aromatic N) is 1. The number of aromatic nitrogens is 1. The molecule has 0 aliphatic heterocycles. The molecule has 0 aliphatic carbocycles. The van der Waals surface area contributed by atoms with Gasteiger partial charge in [-0.1, -0.05) is 6.07 Å². The number of ether oxygens (including phenoxy) is 2. The van der Waals surface area contributed by atoms with E-state index >= 15 is 0 Å². The first-order valence-electron chi connectivity index (χ1n) is 5.45. The number of hydrogen-bond donors (Lipinski definition) is 0. The maximum Gasteiger partial charge on any atom is 0.416 e. The standard InChI is InChI=1S/C13H9BrF3NO2/c1-19-10-6-11(14)18-12(7-10)20-9-4-2-3-8(5-9)13(15,16)17/h2-7H,1H3. The highest BCUT2D eigenvalue weighted by atomic mass is 79.9. The molecule has 0 N–H and O–H groups in total. The predicted octanol–water partition coefficient (Wildman–Crippen LogP) is 4.66. The van der Waals surface area contributed by atoms with Crippen molar-refractivity contribution in [3.63, 3.8) is 0 Å².